The van der Waals surface area contributed by atoms with Gasteiger partial charge < -0.3 is 31.0 Å². The van der Waals surface area contributed by atoms with Crippen LogP contribution >= 0.6 is 0 Å². The van der Waals surface area contributed by atoms with E-state index < -0.39 is 6.04 Å². The first-order valence-electron chi connectivity index (χ1n) is 11.6. The van der Waals surface area contributed by atoms with Crippen LogP contribution in [0.3, 0.4) is 0 Å². The average Bonchev–Trinajstić information content (AvgIpc) is 2.89. The van der Waals surface area contributed by atoms with E-state index in [2.05, 4.69) is 20.6 Å². The summed E-state index contributed by atoms with van der Waals surface area (Å²) in [5.41, 5.74) is 14.6. The summed E-state index contributed by atoms with van der Waals surface area (Å²) in [5.74, 6) is 2.53. The summed E-state index contributed by atoms with van der Waals surface area (Å²) < 4.78 is 17.3. The fourth-order valence-corrected chi connectivity index (χ4v) is 3.92. The van der Waals surface area contributed by atoms with Crippen molar-refractivity contribution < 1.29 is 14.2 Å². The number of nitriles is 2. The predicted octanol–water partition coefficient (Wildman–Crippen LogP) is 3.44. The molecular formula is C26H26N8O3. The van der Waals surface area contributed by atoms with Gasteiger partial charge in [0.15, 0.2) is 17.7 Å². The van der Waals surface area contributed by atoms with E-state index in [9.17, 15) is 5.26 Å². The molecule has 0 radical (unpaired) electrons. The second kappa shape index (κ2) is 11.1. The largest absolute Gasteiger partial charge is 0.490 e. The quantitative estimate of drug-likeness (QED) is 0.266. The Hall–Kier alpha value is -5.16. The summed E-state index contributed by atoms with van der Waals surface area (Å²) in [6, 6.07) is 14.4. The first-order chi connectivity index (χ1) is 18.0. The van der Waals surface area contributed by atoms with Crippen molar-refractivity contribution in [2.75, 3.05) is 30.0 Å². The smallest absolute Gasteiger partial charge is 0.211 e. The highest BCUT2D eigenvalue weighted by molar-refractivity contribution is 5.98. The molecule has 6 N–H and O–H groups in total. The number of fused-ring (bicyclic) bond motifs is 1. The number of anilines is 3. The molecule has 1 unspecified atom stereocenters. The van der Waals surface area contributed by atoms with Gasteiger partial charge in [-0.1, -0.05) is 18.2 Å². The lowest BCUT2D eigenvalue weighted by molar-refractivity contribution is 0.283. The molecule has 188 valence electrons. The minimum atomic E-state index is -0.624. The van der Waals surface area contributed by atoms with E-state index >= 15 is 0 Å². The lowest BCUT2D eigenvalue weighted by Crippen LogP contribution is -2.32. The van der Waals surface area contributed by atoms with E-state index in [1.54, 1.807) is 0 Å². The zero-order valence-electron chi connectivity index (χ0n) is 20.4. The predicted molar refractivity (Wildman–Crippen MR) is 139 cm³/mol. The fourth-order valence-electron chi connectivity index (χ4n) is 3.92. The Bertz CT molecular complexity index is 1410. The Morgan fingerprint density at radius 1 is 1.00 bits per heavy atom. The number of guanidine groups is 1. The molecule has 1 atom stereocenters. The van der Waals surface area contributed by atoms with Crippen molar-refractivity contribution in [2.45, 2.75) is 26.5 Å². The minimum absolute atomic E-state index is 0.00580. The molecule has 2 heterocycles. The van der Waals surface area contributed by atoms with Crippen LogP contribution in [0, 0.1) is 22.8 Å². The van der Waals surface area contributed by atoms with E-state index in [0.29, 0.717) is 48.5 Å². The topological polar surface area (TPSA) is 177 Å². The lowest BCUT2D eigenvalue weighted by Gasteiger charge is -2.26. The third-order valence-electron chi connectivity index (χ3n) is 5.57. The van der Waals surface area contributed by atoms with Crippen LogP contribution in [0.5, 0.6) is 17.2 Å². The first-order valence-corrected chi connectivity index (χ1v) is 11.6. The number of rotatable bonds is 8. The number of pyridine rings is 1. The molecule has 0 aliphatic carbocycles. The molecule has 3 aromatic rings. The van der Waals surface area contributed by atoms with Crippen LogP contribution in [-0.2, 0) is 6.61 Å². The van der Waals surface area contributed by atoms with Gasteiger partial charge in [-0.15, -0.1) is 0 Å². The lowest BCUT2D eigenvalue weighted by atomic mass is 9.95. The van der Waals surface area contributed by atoms with E-state index in [0.717, 1.165) is 11.1 Å². The Morgan fingerprint density at radius 3 is 2.41 bits per heavy atom. The van der Waals surface area contributed by atoms with Gasteiger partial charge in [0.05, 0.1) is 18.9 Å². The van der Waals surface area contributed by atoms with E-state index in [1.807, 2.05) is 68.6 Å². The van der Waals surface area contributed by atoms with Gasteiger partial charge in [-0.05, 0) is 49.2 Å². The molecule has 0 fully saturated rings. The van der Waals surface area contributed by atoms with E-state index in [-0.39, 0.29) is 23.0 Å². The molecule has 0 bridgehead atoms. The van der Waals surface area contributed by atoms with Crippen molar-refractivity contribution in [1.29, 1.82) is 10.5 Å². The number of hydrogen-bond donors (Lipinski definition) is 4. The van der Waals surface area contributed by atoms with Crippen molar-refractivity contribution in [3.63, 3.8) is 0 Å². The van der Waals surface area contributed by atoms with Gasteiger partial charge in [0.1, 0.15) is 41.7 Å². The highest BCUT2D eigenvalue weighted by Gasteiger charge is 2.29. The fraction of sp³-hybridized carbons (Fsp3) is 0.231. The van der Waals surface area contributed by atoms with E-state index in [1.165, 1.54) is 0 Å². The van der Waals surface area contributed by atoms with Crippen LogP contribution in [0.2, 0.25) is 0 Å². The number of aliphatic imine (C=N–C) groups is 1. The van der Waals surface area contributed by atoms with Gasteiger partial charge >= 0.3 is 0 Å². The number of nitrogen functional groups attached to an aromatic ring is 2. The van der Waals surface area contributed by atoms with Gasteiger partial charge in [0, 0.05) is 5.56 Å². The van der Waals surface area contributed by atoms with E-state index in [4.69, 9.17) is 30.9 Å². The summed E-state index contributed by atoms with van der Waals surface area (Å²) in [6.07, 6.45) is 1.83. The molecular weight excluding hydrogens is 472 g/mol. The zero-order chi connectivity index (χ0) is 26.4. The van der Waals surface area contributed by atoms with Gasteiger partial charge in [-0.3, -0.25) is 5.32 Å². The highest BCUT2D eigenvalue weighted by Crippen LogP contribution is 2.40. The van der Waals surface area contributed by atoms with Gasteiger partial charge in [0.25, 0.3) is 0 Å². The molecule has 4 rings (SSSR count). The third kappa shape index (κ3) is 5.26. The summed E-state index contributed by atoms with van der Waals surface area (Å²) >= 11 is 0. The van der Waals surface area contributed by atoms with Crippen molar-refractivity contribution in [3.05, 3.63) is 64.7 Å². The maximum absolute atomic E-state index is 9.48. The molecule has 2 aromatic carbocycles. The van der Waals surface area contributed by atoms with Crippen LogP contribution in [0.4, 0.5) is 17.3 Å². The maximum atomic E-state index is 9.48. The summed E-state index contributed by atoms with van der Waals surface area (Å²) in [5, 5.41) is 23.9. The van der Waals surface area contributed by atoms with Crippen LogP contribution in [0.15, 0.2) is 47.5 Å². The number of hydrogen-bond acceptors (Lipinski definition) is 11. The first kappa shape index (κ1) is 24.9. The zero-order valence-corrected chi connectivity index (χ0v) is 20.4. The molecule has 0 amide bonds. The molecule has 0 saturated carbocycles. The van der Waals surface area contributed by atoms with Crippen molar-refractivity contribution >= 4 is 23.3 Å². The Morgan fingerprint density at radius 2 is 1.73 bits per heavy atom. The SMILES string of the molecule is CCOc1ccc(COc2ccc(C3N=C(NC#N)Nc4nc(N)c(C#N)c(N)c43)cc2)cc1OCC. The maximum Gasteiger partial charge on any atom is 0.211 e. The van der Waals surface area contributed by atoms with Crippen LogP contribution in [-0.4, -0.2) is 24.2 Å². The second-order valence-corrected chi connectivity index (χ2v) is 7.91. The average molecular weight is 499 g/mol. The summed E-state index contributed by atoms with van der Waals surface area (Å²) in [4.78, 5) is 8.82. The Kier molecular flexibility index (Phi) is 7.45. The minimum Gasteiger partial charge on any atom is -0.490 e. The standard InChI is InChI=1S/C26H26N8O3/c1-3-35-19-10-5-15(11-20(19)36-4-2)13-37-17-8-6-16(7-9-17)23-21-22(29)18(12-27)24(30)33-25(21)34-26(32-23)31-14-28/h5-11,23H,3-4,13H2,1-2H3,(H6,29,30,31,32,33,34). The van der Waals surface area contributed by atoms with Crippen LogP contribution < -0.4 is 36.3 Å². The molecule has 0 spiro atoms. The number of nitrogens with two attached hydrogens (primary N) is 2. The second-order valence-electron chi connectivity index (χ2n) is 7.91. The number of aromatic nitrogens is 1. The number of benzene rings is 2. The molecule has 1 aromatic heterocycles. The Balaban J connectivity index is 1.57. The number of nitrogens with one attached hydrogen (secondary N) is 2. The highest BCUT2D eigenvalue weighted by atomic mass is 16.5. The number of nitrogens with zero attached hydrogens (tertiary/aromatic N) is 4. The van der Waals surface area contributed by atoms with Gasteiger partial charge in [0.2, 0.25) is 5.96 Å². The normalized spacial score (nSPS) is 13.7. The monoisotopic (exact) mass is 498 g/mol. The Labute approximate surface area is 214 Å². The summed E-state index contributed by atoms with van der Waals surface area (Å²) in [7, 11) is 0. The molecule has 1 aliphatic heterocycles. The molecule has 11 nitrogen and oxygen atoms in total. The van der Waals surface area contributed by atoms with Crippen molar-refractivity contribution in [2.24, 2.45) is 4.99 Å². The summed E-state index contributed by atoms with van der Waals surface area (Å²) in [6.45, 7) is 5.26. The van der Waals surface area contributed by atoms with Crippen LogP contribution in [0.25, 0.3) is 0 Å². The molecule has 0 saturated heterocycles. The van der Waals surface area contributed by atoms with Crippen molar-refractivity contribution in [3.8, 4) is 29.5 Å². The molecule has 1 aliphatic rings. The number of ether oxygens (including phenoxy) is 3. The van der Waals surface area contributed by atoms with Crippen molar-refractivity contribution in [1.82, 2.24) is 10.3 Å². The van der Waals surface area contributed by atoms with Crippen LogP contribution in [0.1, 0.15) is 42.1 Å². The molecule has 37 heavy (non-hydrogen) atoms. The molecule has 11 heteroatoms. The van der Waals surface area contributed by atoms with Gasteiger partial charge in [-0.2, -0.15) is 10.5 Å². The third-order valence-corrected chi connectivity index (χ3v) is 5.57. The van der Waals surface area contributed by atoms with Gasteiger partial charge in [-0.25, -0.2) is 9.98 Å².